The summed E-state index contributed by atoms with van der Waals surface area (Å²) < 4.78 is 52.7. The van der Waals surface area contributed by atoms with Crippen LogP contribution in [0, 0.1) is 23.7 Å². The molecule has 6 atom stereocenters. The van der Waals surface area contributed by atoms with Gasteiger partial charge in [-0.25, -0.2) is 17.6 Å². The van der Waals surface area contributed by atoms with Crippen LogP contribution >= 0.6 is 0 Å². The van der Waals surface area contributed by atoms with E-state index in [1.165, 1.54) is 0 Å². The molecule has 0 aromatic heterocycles. The van der Waals surface area contributed by atoms with E-state index < -0.39 is 17.3 Å². The predicted molar refractivity (Wildman–Crippen MR) is 90.4 cm³/mol. The lowest BCUT2D eigenvalue weighted by Gasteiger charge is -2.41. The van der Waals surface area contributed by atoms with E-state index in [-0.39, 0.29) is 32.1 Å². The molecule has 0 aromatic carbocycles. The Morgan fingerprint density at radius 3 is 1.52 bits per heavy atom. The fourth-order valence-electron chi connectivity index (χ4n) is 3.56. The van der Waals surface area contributed by atoms with Crippen LogP contribution in [0.2, 0.25) is 0 Å². The lowest BCUT2D eigenvalue weighted by atomic mass is 9.72. The topological polar surface area (TPSA) is 0 Å². The van der Waals surface area contributed by atoms with E-state index in [0.29, 0.717) is 5.92 Å². The molecule has 2 rings (SSSR count). The third-order valence-corrected chi connectivity index (χ3v) is 5.86. The number of rotatable bonds is 0. The summed E-state index contributed by atoms with van der Waals surface area (Å²) in [6.07, 6.45) is 2.24. The third-order valence-electron chi connectivity index (χ3n) is 5.86. The summed E-state index contributed by atoms with van der Waals surface area (Å²) in [4.78, 5) is 0. The molecule has 0 bridgehead atoms. The molecule has 2 aliphatic rings. The Bertz CT molecular complexity index is 342. The van der Waals surface area contributed by atoms with Crippen LogP contribution in [0.1, 0.15) is 81.1 Å². The highest BCUT2D eigenvalue weighted by Crippen LogP contribution is 2.48. The highest BCUT2D eigenvalue weighted by atomic mass is 19.3. The zero-order valence-electron chi connectivity index (χ0n) is 14.9. The Hall–Kier alpha value is -0.280. The van der Waals surface area contributed by atoms with E-state index in [0.717, 1.165) is 32.1 Å². The zero-order valence-corrected chi connectivity index (χ0v) is 14.9. The highest BCUT2D eigenvalue weighted by Gasteiger charge is 2.55. The molecular weight excluding hydrogens is 304 g/mol. The van der Waals surface area contributed by atoms with E-state index >= 15 is 0 Å². The molecule has 0 aromatic rings. The lowest BCUT2D eigenvalue weighted by molar-refractivity contribution is -0.175. The van der Waals surface area contributed by atoms with Crippen molar-refractivity contribution in [2.24, 2.45) is 23.7 Å². The molecule has 2 aliphatic carbocycles. The molecule has 2 fully saturated rings. The van der Waals surface area contributed by atoms with Crippen molar-refractivity contribution in [2.45, 2.75) is 98.3 Å². The van der Waals surface area contributed by atoms with E-state index in [9.17, 15) is 17.6 Å². The van der Waals surface area contributed by atoms with Crippen molar-refractivity contribution in [1.29, 1.82) is 0 Å². The quantitative estimate of drug-likeness (QED) is 0.408. The van der Waals surface area contributed by atoms with Crippen molar-refractivity contribution in [1.82, 2.24) is 0 Å². The van der Waals surface area contributed by atoms with Crippen LogP contribution in [0.5, 0.6) is 0 Å². The Labute approximate surface area is 140 Å². The van der Waals surface area contributed by atoms with E-state index in [1.807, 2.05) is 6.92 Å². The normalized spacial score (nSPS) is 46.2. The molecule has 2 unspecified atom stereocenters. The second-order valence-electron chi connectivity index (χ2n) is 8.38. The van der Waals surface area contributed by atoms with Crippen LogP contribution in [-0.4, -0.2) is 17.3 Å². The van der Waals surface area contributed by atoms with Crippen LogP contribution in [0.3, 0.4) is 0 Å². The molecule has 140 valence electrons. The van der Waals surface area contributed by atoms with Crippen LogP contribution < -0.4 is 0 Å². The first kappa shape index (κ1) is 22.7. The van der Waals surface area contributed by atoms with Gasteiger partial charge in [-0.3, -0.25) is 0 Å². The molecule has 0 nitrogen and oxygen atoms in total. The largest absolute Gasteiger partial charge is 0.281 e. The van der Waals surface area contributed by atoms with E-state index in [2.05, 4.69) is 13.8 Å². The van der Waals surface area contributed by atoms with Crippen molar-refractivity contribution >= 4 is 0 Å². The summed E-state index contributed by atoms with van der Waals surface area (Å²) in [6, 6.07) is 0. The Kier molecular flexibility index (Phi) is 7.64. The summed E-state index contributed by atoms with van der Waals surface area (Å²) in [5.74, 6) is -1.87. The van der Waals surface area contributed by atoms with Gasteiger partial charge in [0.15, 0.2) is 5.67 Å². The van der Waals surface area contributed by atoms with Gasteiger partial charge in [0, 0.05) is 6.42 Å². The smallest absolute Gasteiger partial charge is 0.244 e. The number of hydrogen-bond acceptors (Lipinski definition) is 0. The fraction of sp³-hybridized carbons (Fsp3) is 1.00. The Morgan fingerprint density at radius 2 is 1.13 bits per heavy atom. The van der Waals surface area contributed by atoms with Crippen LogP contribution in [0.15, 0.2) is 0 Å². The van der Waals surface area contributed by atoms with Crippen LogP contribution in [0.25, 0.3) is 0 Å². The van der Waals surface area contributed by atoms with Gasteiger partial charge in [-0.15, -0.1) is 0 Å². The fourth-order valence-corrected chi connectivity index (χ4v) is 3.56. The minimum absolute atomic E-state index is 0. The van der Waals surface area contributed by atoms with Gasteiger partial charge < -0.3 is 0 Å². The minimum atomic E-state index is -3.14. The number of halogens is 4. The second kappa shape index (κ2) is 7.74. The van der Waals surface area contributed by atoms with E-state index in [4.69, 9.17) is 0 Å². The molecular formula is C19H36F4. The molecule has 0 radical (unpaired) electrons. The van der Waals surface area contributed by atoms with Gasteiger partial charge in [0.1, 0.15) is 5.67 Å². The maximum atomic E-state index is 13.3. The standard InChI is InChI=1S/C9H15F3.C9H17F.CH4/c1-6-4-8(3,10)9(11,12)5-7(6)2;1-7-4-5-9(3,10)6-8(7)2;/h6-7H,4-5H2,1-3H3;7-8H,4-6H2,1-3H3;1H4/t6-,7+,8?;7-,8+,9?;/m01./s1. The monoisotopic (exact) mass is 340 g/mol. The molecule has 0 heterocycles. The summed E-state index contributed by atoms with van der Waals surface area (Å²) >= 11 is 0. The minimum Gasteiger partial charge on any atom is -0.244 e. The van der Waals surface area contributed by atoms with Crippen molar-refractivity contribution in [3.63, 3.8) is 0 Å². The molecule has 0 spiro atoms. The SMILES string of the molecule is C.C[C@@H]1CC(F)(F)C(C)(F)C[C@@H]1C.C[C@@H]1CCC(C)(F)C[C@@H]1C. The lowest BCUT2D eigenvalue weighted by Crippen LogP contribution is -2.49. The van der Waals surface area contributed by atoms with Gasteiger partial charge in [0.2, 0.25) is 0 Å². The van der Waals surface area contributed by atoms with Gasteiger partial charge in [-0.1, -0.05) is 35.1 Å². The summed E-state index contributed by atoms with van der Waals surface area (Å²) in [5.41, 5.74) is -3.18. The molecule has 0 N–H and O–H groups in total. The van der Waals surface area contributed by atoms with Crippen molar-refractivity contribution < 1.29 is 17.6 Å². The van der Waals surface area contributed by atoms with Gasteiger partial charge in [-0.2, -0.15) is 0 Å². The maximum absolute atomic E-state index is 13.3. The molecule has 4 heteroatoms. The number of hydrogen-bond donors (Lipinski definition) is 0. The molecule has 23 heavy (non-hydrogen) atoms. The number of alkyl halides is 4. The van der Waals surface area contributed by atoms with Gasteiger partial charge in [0.25, 0.3) is 5.92 Å². The van der Waals surface area contributed by atoms with Crippen LogP contribution in [0.4, 0.5) is 17.6 Å². The van der Waals surface area contributed by atoms with Gasteiger partial charge >= 0.3 is 0 Å². The third kappa shape index (κ3) is 5.94. The van der Waals surface area contributed by atoms with Gasteiger partial charge in [0.05, 0.1) is 0 Å². The van der Waals surface area contributed by atoms with Gasteiger partial charge in [-0.05, 0) is 63.2 Å². The first-order chi connectivity index (χ1) is 9.77. The first-order valence-electron chi connectivity index (χ1n) is 8.53. The first-order valence-corrected chi connectivity index (χ1v) is 8.53. The molecule has 2 saturated carbocycles. The Morgan fingerprint density at radius 1 is 0.696 bits per heavy atom. The van der Waals surface area contributed by atoms with Crippen LogP contribution in [-0.2, 0) is 0 Å². The average molecular weight is 340 g/mol. The summed E-state index contributed by atoms with van der Waals surface area (Å²) in [6.45, 7) is 10.7. The summed E-state index contributed by atoms with van der Waals surface area (Å²) in [7, 11) is 0. The van der Waals surface area contributed by atoms with Crippen molar-refractivity contribution in [3.05, 3.63) is 0 Å². The van der Waals surface area contributed by atoms with Crippen molar-refractivity contribution in [3.8, 4) is 0 Å². The zero-order chi connectivity index (χ0) is 17.3. The molecule has 0 saturated heterocycles. The molecule has 0 aliphatic heterocycles. The van der Waals surface area contributed by atoms with Crippen molar-refractivity contribution in [2.75, 3.05) is 0 Å². The second-order valence-corrected chi connectivity index (χ2v) is 8.38. The maximum Gasteiger partial charge on any atom is 0.281 e. The predicted octanol–water partition coefficient (Wildman–Crippen LogP) is 7.22. The van der Waals surface area contributed by atoms with E-state index in [1.54, 1.807) is 13.8 Å². The molecule has 0 amide bonds. The summed E-state index contributed by atoms with van der Waals surface area (Å²) in [5, 5.41) is 0. The highest BCUT2D eigenvalue weighted by molar-refractivity contribution is 4.97. The Balaban J connectivity index is 0.000000409. The average Bonchev–Trinajstić information content (AvgIpc) is 2.32.